The first kappa shape index (κ1) is 15.4. The lowest BCUT2D eigenvalue weighted by molar-refractivity contribution is 0.199. The lowest BCUT2D eigenvalue weighted by Crippen LogP contribution is -2.38. The molecule has 20 heavy (non-hydrogen) atoms. The van der Waals surface area contributed by atoms with Crippen LogP contribution in [0.4, 0.5) is 8.78 Å². The number of nitrogens with zero attached hydrogens (tertiary/aromatic N) is 1. The Morgan fingerprint density at radius 3 is 2.90 bits per heavy atom. The predicted octanol–water partition coefficient (Wildman–Crippen LogP) is 3.18. The van der Waals surface area contributed by atoms with Gasteiger partial charge in [-0.25, -0.2) is 8.78 Å². The highest BCUT2D eigenvalue weighted by Crippen LogP contribution is 2.17. The third kappa shape index (κ3) is 4.25. The van der Waals surface area contributed by atoms with Crippen LogP contribution in [0.15, 0.2) is 18.2 Å². The fraction of sp³-hybridized carbons (Fsp3) is 0.625. The van der Waals surface area contributed by atoms with Gasteiger partial charge in [0, 0.05) is 18.7 Å². The molecule has 1 saturated heterocycles. The summed E-state index contributed by atoms with van der Waals surface area (Å²) in [5.41, 5.74) is 0.460. The summed E-state index contributed by atoms with van der Waals surface area (Å²) in [6.07, 6.45) is 3.45. The Hall–Kier alpha value is -1.00. The van der Waals surface area contributed by atoms with Gasteiger partial charge in [0.2, 0.25) is 0 Å². The van der Waals surface area contributed by atoms with E-state index < -0.39 is 11.6 Å². The molecule has 1 aromatic carbocycles. The molecule has 0 amide bonds. The molecule has 0 aliphatic carbocycles. The van der Waals surface area contributed by atoms with E-state index in [1.807, 2.05) is 0 Å². The molecule has 2 rings (SSSR count). The standard InChI is InChI=1S/C16H24F2N2/c1-2-9-20(11-13-5-4-8-19-10-13)12-14-6-3-7-15(17)16(14)18/h3,6-7,13,19H,2,4-5,8-12H2,1H3. The second-order valence-corrected chi connectivity index (χ2v) is 5.66. The third-order valence-electron chi connectivity index (χ3n) is 3.88. The highest BCUT2D eigenvalue weighted by Gasteiger charge is 2.18. The van der Waals surface area contributed by atoms with E-state index in [4.69, 9.17) is 0 Å². The van der Waals surface area contributed by atoms with E-state index in [9.17, 15) is 8.78 Å². The fourth-order valence-corrected chi connectivity index (χ4v) is 2.91. The van der Waals surface area contributed by atoms with Gasteiger partial charge < -0.3 is 5.32 Å². The molecule has 1 heterocycles. The van der Waals surface area contributed by atoms with Crippen LogP contribution in [0.25, 0.3) is 0 Å². The summed E-state index contributed by atoms with van der Waals surface area (Å²) < 4.78 is 27.0. The average Bonchev–Trinajstić information content (AvgIpc) is 2.45. The molecule has 0 spiro atoms. The maximum atomic E-state index is 13.8. The van der Waals surface area contributed by atoms with Gasteiger partial charge in [0.25, 0.3) is 0 Å². The fourth-order valence-electron chi connectivity index (χ4n) is 2.91. The highest BCUT2D eigenvalue weighted by atomic mass is 19.2. The second-order valence-electron chi connectivity index (χ2n) is 5.66. The first-order valence-electron chi connectivity index (χ1n) is 7.56. The van der Waals surface area contributed by atoms with Crippen LogP contribution < -0.4 is 5.32 Å². The van der Waals surface area contributed by atoms with E-state index in [-0.39, 0.29) is 0 Å². The topological polar surface area (TPSA) is 15.3 Å². The number of hydrogen-bond acceptors (Lipinski definition) is 2. The van der Waals surface area contributed by atoms with Crippen LogP contribution in [0.3, 0.4) is 0 Å². The molecule has 112 valence electrons. The average molecular weight is 282 g/mol. The quantitative estimate of drug-likeness (QED) is 0.862. The molecule has 1 aromatic rings. The van der Waals surface area contributed by atoms with Crippen LogP contribution in [0.5, 0.6) is 0 Å². The number of halogens is 2. The van der Waals surface area contributed by atoms with Crippen molar-refractivity contribution in [1.82, 2.24) is 10.2 Å². The van der Waals surface area contributed by atoms with Gasteiger partial charge in [-0.15, -0.1) is 0 Å². The highest BCUT2D eigenvalue weighted by molar-refractivity contribution is 5.18. The van der Waals surface area contributed by atoms with E-state index in [2.05, 4.69) is 17.1 Å². The van der Waals surface area contributed by atoms with Crippen LogP contribution in [0.1, 0.15) is 31.7 Å². The van der Waals surface area contributed by atoms with E-state index in [1.165, 1.54) is 18.9 Å². The molecule has 1 fully saturated rings. The van der Waals surface area contributed by atoms with Crippen LogP contribution >= 0.6 is 0 Å². The van der Waals surface area contributed by atoms with Crippen molar-refractivity contribution in [3.63, 3.8) is 0 Å². The van der Waals surface area contributed by atoms with Crippen molar-refractivity contribution in [2.75, 3.05) is 26.2 Å². The smallest absolute Gasteiger partial charge is 0.163 e. The number of benzene rings is 1. The zero-order valence-corrected chi connectivity index (χ0v) is 12.2. The molecule has 2 nitrogen and oxygen atoms in total. The summed E-state index contributed by atoms with van der Waals surface area (Å²) in [4.78, 5) is 2.25. The van der Waals surface area contributed by atoms with Crippen molar-refractivity contribution in [2.45, 2.75) is 32.7 Å². The maximum absolute atomic E-state index is 13.8. The van der Waals surface area contributed by atoms with Gasteiger partial charge in [-0.05, 0) is 50.9 Å². The number of piperidine rings is 1. The first-order chi connectivity index (χ1) is 9.70. The Morgan fingerprint density at radius 1 is 1.35 bits per heavy atom. The van der Waals surface area contributed by atoms with Crippen molar-refractivity contribution in [3.8, 4) is 0 Å². The minimum atomic E-state index is -0.752. The van der Waals surface area contributed by atoms with Gasteiger partial charge in [0.05, 0.1) is 0 Å². The zero-order chi connectivity index (χ0) is 14.4. The molecule has 0 saturated carbocycles. The van der Waals surface area contributed by atoms with Gasteiger partial charge in [-0.1, -0.05) is 19.1 Å². The Morgan fingerprint density at radius 2 is 2.20 bits per heavy atom. The largest absolute Gasteiger partial charge is 0.316 e. The summed E-state index contributed by atoms with van der Waals surface area (Å²) in [6, 6.07) is 4.44. The minimum absolute atomic E-state index is 0.460. The molecule has 4 heteroatoms. The number of rotatable bonds is 6. The number of nitrogens with one attached hydrogen (secondary N) is 1. The SMILES string of the molecule is CCCN(Cc1cccc(F)c1F)CC1CCCNC1. The van der Waals surface area contributed by atoms with Crippen LogP contribution in [0.2, 0.25) is 0 Å². The summed E-state index contributed by atoms with van der Waals surface area (Å²) in [7, 11) is 0. The Kier molecular flexibility index (Phi) is 5.92. The van der Waals surface area contributed by atoms with E-state index in [1.54, 1.807) is 12.1 Å². The van der Waals surface area contributed by atoms with Crippen molar-refractivity contribution < 1.29 is 8.78 Å². The van der Waals surface area contributed by atoms with Gasteiger partial charge in [-0.3, -0.25) is 4.90 Å². The molecule has 0 radical (unpaired) electrons. The van der Waals surface area contributed by atoms with Crippen molar-refractivity contribution >= 4 is 0 Å². The van der Waals surface area contributed by atoms with Crippen LogP contribution in [0, 0.1) is 17.6 Å². The van der Waals surface area contributed by atoms with Gasteiger partial charge in [-0.2, -0.15) is 0 Å². The van der Waals surface area contributed by atoms with Crippen molar-refractivity contribution in [2.24, 2.45) is 5.92 Å². The third-order valence-corrected chi connectivity index (χ3v) is 3.88. The lowest BCUT2D eigenvalue weighted by atomic mass is 9.98. The van der Waals surface area contributed by atoms with E-state index >= 15 is 0 Å². The number of hydrogen-bond donors (Lipinski definition) is 1. The first-order valence-corrected chi connectivity index (χ1v) is 7.56. The molecule has 1 aliphatic heterocycles. The molecule has 1 aliphatic rings. The van der Waals surface area contributed by atoms with Crippen LogP contribution in [-0.2, 0) is 6.54 Å². The summed E-state index contributed by atoms with van der Waals surface area (Å²) in [6.45, 7) is 6.62. The van der Waals surface area contributed by atoms with E-state index in [0.717, 1.165) is 32.6 Å². The van der Waals surface area contributed by atoms with E-state index in [0.29, 0.717) is 18.0 Å². The predicted molar refractivity (Wildman–Crippen MR) is 77.5 cm³/mol. The molecule has 0 bridgehead atoms. The van der Waals surface area contributed by atoms with Crippen molar-refractivity contribution in [1.29, 1.82) is 0 Å². The molecular weight excluding hydrogens is 258 g/mol. The Labute approximate surface area is 120 Å². The summed E-state index contributed by atoms with van der Waals surface area (Å²) >= 11 is 0. The monoisotopic (exact) mass is 282 g/mol. The van der Waals surface area contributed by atoms with Gasteiger partial charge >= 0.3 is 0 Å². The molecule has 1 N–H and O–H groups in total. The molecule has 1 unspecified atom stereocenters. The zero-order valence-electron chi connectivity index (χ0n) is 12.2. The Bertz CT molecular complexity index is 417. The van der Waals surface area contributed by atoms with Crippen molar-refractivity contribution in [3.05, 3.63) is 35.4 Å². The maximum Gasteiger partial charge on any atom is 0.163 e. The second kappa shape index (κ2) is 7.70. The lowest BCUT2D eigenvalue weighted by Gasteiger charge is -2.30. The minimum Gasteiger partial charge on any atom is -0.316 e. The molecule has 0 aromatic heterocycles. The molecule has 1 atom stereocenters. The van der Waals surface area contributed by atoms with Crippen LogP contribution in [-0.4, -0.2) is 31.1 Å². The summed E-state index contributed by atoms with van der Waals surface area (Å²) in [5.74, 6) is -0.833. The Balaban J connectivity index is 1.98. The summed E-state index contributed by atoms with van der Waals surface area (Å²) in [5, 5.41) is 3.41. The molecular formula is C16H24F2N2. The van der Waals surface area contributed by atoms with Gasteiger partial charge in [0.1, 0.15) is 0 Å². The normalized spacial score (nSPS) is 19.5. The van der Waals surface area contributed by atoms with Gasteiger partial charge in [0.15, 0.2) is 11.6 Å².